The highest BCUT2D eigenvalue weighted by Gasteiger charge is 2.18. The summed E-state index contributed by atoms with van der Waals surface area (Å²) in [5.41, 5.74) is 0. The molecule has 0 aliphatic heterocycles. The van der Waals surface area contributed by atoms with E-state index in [-0.39, 0.29) is 0 Å². The van der Waals surface area contributed by atoms with Crippen molar-refractivity contribution in [3.63, 3.8) is 0 Å². The van der Waals surface area contributed by atoms with Gasteiger partial charge in [0.05, 0.1) is 0 Å². The van der Waals surface area contributed by atoms with Crippen LogP contribution in [0.15, 0.2) is 12.2 Å². The summed E-state index contributed by atoms with van der Waals surface area (Å²) in [6.07, 6.45) is 22.4. The topological polar surface area (TPSA) is 41.5 Å². The maximum Gasteiger partial charge on any atom is 0.142 e. The number of unbranched alkanes of at least 4 members (excludes halogenated alkanes) is 12. The minimum atomic E-state index is -0.948. The fourth-order valence-corrected chi connectivity index (χ4v) is 3.11. The normalized spacial score (nSPS) is 12.3. The number of rotatable bonds is 20. The first kappa shape index (κ1) is 25.6. The smallest absolute Gasteiger partial charge is 0.142 e. The van der Waals surface area contributed by atoms with Crippen molar-refractivity contribution >= 4 is 0 Å². The zero-order valence-corrected chi connectivity index (χ0v) is 17.8. The Kier molecular flexibility index (Phi) is 19.0. The Morgan fingerprint density at radius 2 is 1.04 bits per heavy atom. The van der Waals surface area contributed by atoms with Crippen LogP contribution in [0.1, 0.15) is 111 Å². The summed E-state index contributed by atoms with van der Waals surface area (Å²) in [4.78, 5) is 9.34. The maximum absolute atomic E-state index is 12.1. The third-order valence-electron chi connectivity index (χ3n) is 4.60. The van der Waals surface area contributed by atoms with Gasteiger partial charge in [-0.05, 0) is 46.0 Å². The summed E-state index contributed by atoms with van der Waals surface area (Å²) in [7, 11) is 0. The van der Waals surface area contributed by atoms with E-state index in [1.54, 1.807) is 0 Å². The molecule has 0 rings (SSSR count). The van der Waals surface area contributed by atoms with Gasteiger partial charge < -0.3 is 5.21 Å². The molecule has 0 aromatic carbocycles. The van der Waals surface area contributed by atoms with Crippen LogP contribution in [0.2, 0.25) is 0 Å². The van der Waals surface area contributed by atoms with E-state index in [4.69, 9.17) is 9.68 Å². The number of hydrogen-bond acceptors (Lipinski definition) is 3. The van der Waals surface area contributed by atoms with Crippen molar-refractivity contribution in [3.8, 4) is 0 Å². The fourth-order valence-electron chi connectivity index (χ4n) is 3.11. The van der Waals surface area contributed by atoms with E-state index in [2.05, 4.69) is 19.1 Å². The zero-order chi connectivity index (χ0) is 19.3. The lowest BCUT2D eigenvalue weighted by molar-refractivity contribution is -1.21. The molecule has 0 aliphatic carbocycles. The van der Waals surface area contributed by atoms with Gasteiger partial charge in [0.25, 0.3) is 0 Å². The molecule has 4 heteroatoms. The molecule has 0 spiro atoms. The van der Waals surface area contributed by atoms with Crippen LogP contribution >= 0.6 is 0 Å². The van der Waals surface area contributed by atoms with Crippen molar-refractivity contribution in [2.75, 3.05) is 19.8 Å². The molecule has 0 amide bonds. The monoisotopic (exact) mass is 371 g/mol. The van der Waals surface area contributed by atoms with Crippen LogP contribution in [0.4, 0.5) is 0 Å². The van der Waals surface area contributed by atoms with Crippen molar-refractivity contribution in [1.29, 1.82) is 0 Å². The predicted molar refractivity (Wildman–Crippen MR) is 111 cm³/mol. The van der Waals surface area contributed by atoms with Gasteiger partial charge in [0.15, 0.2) is 0 Å². The van der Waals surface area contributed by atoms with E-state index in [9.17, 15) is 5.21 Å². The number of nitrogens with zero attached hydrogens (tertiary/aromatic N) is 1. The molecule has 0 aromatic rings. The summed E-state index contributed by atoms with van der Waals surface area (Å²) >= 11 is 0. The van der Waals surface area contributed by atoms with Gasteiger partial charge in [-0.3, -0.25) is 0 Å². The number of hydrogen-bond donors (Lipinski definition) is 0. The van der Waals surface area contributed by atoms with Crippen molar-refractivity contribution in [2.24, 2.45) is 0 Å². The highest BCUT2D eigenvalue weighted by Crippen LogP contribution is 2.13. The number of allylic oxidation sites excluding steroid dienone is 2. The van der Waals surface area contributed by atoms with Gasteiger partial charge in [0.1, 0.15) is 19.8 Å². The van der Waals surface area contributed by atoms with Crippen molar-refractivity contribution in [2.45, 2.75) is 111 Å². The summed E-state index contributed by atoms with van der Waals surface area (Å²) in [5.74, 6) is 0. The van der Waals surface area contributed by atoms with Crippen LogP contribution in [-0.4, -0.2) is 24.7 Å². The Morgan fingerprint density at radius 1 is 0.615 bits per heavy atom. The molecule has 0 saturated carbocycles. The molecule has 0 N–H and O–H groups in total. The van der Waals surface area contributed by atoms with Crippen LogP contribution in [-0.2, 0) is 9.68 Å². The highest BCUT2D eigenvalue weighted by molar-refractivity contribution is 4.81. The Morgan fingerprint density at radius 3 is 1.50 bits per heavy atom. The summed E-state index contributed by atoms with van der Waals surface area (Å²) in [6.45, 7) is 7.08. The molecule has 0 aromatic heterocycles. The van der Waals surface area contributed by atoms with Gasteiger partial charge in [-0.1, -0.05) is 75.4 Å². The number of hydroxylamine groups is 3. The molecule has 0 aliphatic rings. The summed E-state index contributed by atoms with van der Waals surface area (Å²) in [5, 5.41) is 12.1. The molecule has 0 radical (unpaired) electrons. The molecule has 0 unspecified atom stereocenters. The standard InChI is InChI=1S/C22H45NO3/c1-4-7-8-9-10-11-12-13-14-15-16-17-18-19-20-21-22-23(24,25-5-2)26-6-3/h13-14H,4-12,15-22H2,1-3H3/b14-13-. The third kappa shape index (κ3) is 17.0. The van der Waals surface area contributed by atoms with E-state index < -0.39 is 4.97 Å². The zero-order valence-electron chi connectivity index (χ0n) is 17.8. The van der Waals surface area contributed by atoms with Crippen LogP contribution in [0.25, 0.3) is 0 Å². The quantitative estimate of drug-likeness (QED) is 0.0980. The average Bonchev–Trinajstić information content (AvgIpc) is 2.62. The van der Waals surface area contributed by atoms with Crippen molar-refractivity contribution in [1.82, 2.24) is 0 Å². The Labute approximate surface area is 163 Å². The molecule has 0 bridgehead atoms. The first-order valence-corrected chi connectivity index (χ1v) is 11.2. The lowest BCUT2D eigenvalue weighted by Crippen LogP contribution is -2.42. The van der Waals surface area contributed by atoms with Gasteiger partial charge in [0.2, 0.25) is 0 Å². The molecule has 26 heavy (non-hydrogen) atoms. The lowest BCUT2D eigenvalue weighted by Gasteiger charge is -2.34. The molecule has 0 saturated heterocycles. The van der Waals surface area contributed by atoms with E-state index in [0.717, 1.165) is 12.8 Å². The lowest BCUT2D eigenvalue weighted by atomic mass is 10.1. The SMILES string of the molecule is CCCCCCCC/C=C\CCCCCCCC[N+]([O-])(OCC)OCC. The molecular weight excluding hydrogens is 326 g/mol. The van der Waals surface area contributed by atoms with Gasteiger partial charge in [-0.25, -0.2) is 0 Å². The molecule has 4 nitrogen and oxygen atoms in total. The Balaban J connectivity index is 3.36. The Bertz CT molecular complexity index is 302. The average molecular weight is 372 g/mol. The second kappa shape index (κ2) is 19.3. The van der Waals surface area contributed by atoms with Gasteiger partial charge in [0, 0.05) is 6.42 Å². The third-order valence-corrected chi connectivity index (χ3v) is 4.60. The van der Waals surface area contributed by atoms with E-state index in [1.807, 2.05) is 13.8 Å². The second-order valence-electron chi connectivity index (χ2n) is 7.11. The van der Waals surface area contributed by atoms with Crippen LogP contribution in [0.3, 0.4) is 0 Å². The molecule has 0 heterocycles. The van der Waals surface area contributed by atoms with Crippen LogP contribution in [0, 0.1) is 5.21 Å². The van der Waals surface area contributed by atoms with E-state index >= 15 is 0 Å². The Hall–Kier alpha value is -0.420. The first-order chi connectivity index (χ1) is 12.7. The van der Waals surface area contributed by atoms with Gasteiger partial charge >= 0.3 is 0 Å². The largest absolute Gasteiger partial charge is 0.564 e. The van der Waals surface area contributed by atoms with E-state index in [0.29, 0.717) is 19.8 Å². The van der Waals surface area contributed by atoms with Gasteiger partial charge in [-0.2, -0.15) is 9.68 Å². The molecule has 156 valence electrons. The van der Waals surface area contributed by atoms with Gasteiger partial charge in [-0.15, -0.1) is 0 Å². The molecular formula is C22H45NO3. The maximum atomic E-state index is 12.1. The predicted octanol–water partition coefficient (Wildman–Crippen LogP) is 7.24. The molecule has 0 fully saturated rings. The minimum absolute atomic E-state index is 0.385. The first-order valence-electron chi connectivity index (χ1n) is 11.2. The van der Waals surface area contributed by atoms with E-state index in [1.165, 1.54) is 77.0 Å². The highest BCUT2D eigenvalue weighted by atomic mass is 17.2. The summed E-state index contributed by atoms with van der Waals surface area (Å²) in [6, 6.07) is 0. The minimum Gasteiger partial charge on any atom is -0.564 e. The second-order valence-corrected chi connectivity index (χ2v) is 7.11. The summed E-state index contributed by atoms with van der Waals surface area (Å²) < 4.78 is 0. The number of quaternary nitrogens is 1. The van der Waals surface area contributed by atoms with Crippen molar-refractivity contribution in [3.05, 3.63) is 17.4 Å². The van der Waals surface area contributed by atoms with Crippen LogP contribution in [0.5, 0.6) is 0 Å². The van der Waals surface area contributed by atoms with Crippen LogP contribution < -0.4 is 0 Å². The van der Waals surface area contributed by atoms with Crippen molar-refractivity contribution < 1.29 is 14.6 Å². The fraction of sp³-hybridized carbons (Fsp3) is 0.909. The molecule has 0 atom stereocenters.